The molecule has 2 heterocycles. The highest BCUT2D eigenvalue weighted by Crippen LogP contribution is 2.19. The van der Waals surface area contributed by atoms with Gasteiger partial charge in [0.05, 0.1) is 6.20 Å². The van der Waals surface area contributed by atoms with Crippen LogP contribution in [0.1, 0.15) is 17.6 Å². The number of hydrogen-bond donors (Lipinski definition) is 1. The molecule has 0 aliphatic rings. The molecule has 1 atom stereocenters. The standard InChI is InChI=1S/C13H13F2N3O2/c14-12-3-1-2-10(18-12)13(15)20-8-19-11-7-17-5-4-9(11)6-16/h1-5,7,13H,6,8,16H2. The van der Waals surface area contributed by atoms with Gasteiger partial charge in [-0.2, -0.15) is 4.39 Å². The average Bonchev–Trinajstić information content (AvgIpc) is 2.47. The van der Waals surface area contributed by atoms with Crippen LogP contribution in [-0.4, -0.2) is 16.8 Å². The molecule has 0 saturated carbocycles. The number of aromatic nitrogens is 2. The fraction of sp³-hybridized carbons (Fsp3) is 0.231. The molecule has 2 N–H and O–H groups in total. The first kappa shape index (κ1) is 14.3. The van der Waals surface area contributed by atoms with E-state index < -0.39 is 12.3 Å². The highest BCUT2D eigenvalue weighted by Gasteiger charge is 2.13. The number of alkyl halides is 1. The molecule has 0 fully saturated rings. The van der Waals surface area contributed by atoms with Crippen LogP contribution >= 0.6 is 0 Å². The van der Waals surface area contributed by atoms with Gasteiger partial charge in [0.15, 0.2) is 6.79 Å². The molecule has 0 radical (unpaired) electrons. The van der Waals surface area contributed by atoms with E-state index in [1.165, 1.54) is 18.3 Å². The van der Waals surface area contributed by atoms with Crippen molar-refractivity contribution in [1.29, 1.82) is 0 Å². The van der Waals surface area contributed by atoms with E-state index >= 15 is 0 Å². The summed E-state index contributed by atoms with van der Waals surface area (Å²) in [6, 6.07) is 5.48. The van der Waals surface area contributed by atoms with Gasteiger partial charge in [0.2, 0.25) is 12.3 Å². The fourth-order valence-corrected chi connectivity index (χ4v) is 1.50. The molecule has 1 unspecified atom stereocenters. The van der Waals surface area contributed by atoms with E-state index in [4.69, 9.17) is 15.2 Å². The molecule has 106 valence electrons. The molecule has 20 heavy (non-hydrogen) atoms. The Balaban J connectivity index is 1.89. The van der Waals surface area contributed by atoms with Crippen LogP contribution < -0.4 is 10.5 Å². The first-order valence-electron chi connectivity index (χ1n) is 5.84. The van der Waals surface area contributed by atoms with Crippen LogP contribution in [0.15, 0.2) is 36.7 Å². The third kappa shape index (κ3) is 3.69. The third-order valence-corrected chi connectivity index (χ3v) is 2.49. The average molecular weight is 281 g/mol. The van der Waals surface area contributed by atoms with Crippen LogP contribution in [0, 0.1) is 5.95 Å². The van der Waals surface area contributed by atoms with E-state index in [9.17, 15) is 8.78 Å². The lowest BCUT2D eigenvalue weighted by Gasteiger charge is -2.12. The van der Waals surface area contributed by atoms with Crippen molar-refractivity contribution in [2.24, 2.45) is 5.73 Å². The minimum Gasteiger partial charge on any atom is -0.465 e. The van der Waals surface area contributed by atoms with Crippen molar-refractivity contribution in [3.63, 3.8) is 0 Å². The van der Waals surface area contributed by atoms with Crippen LogP contribution in [0.4, 0.5) is 8.78 Å². The van der Waals surface area contributed by atoms with Crippen LogP contribution in [0.25, 0.3) is 0 Å². The van der Waals surface area contributed by atoms with Gasteiger partial charge in [0, 0.05) is 18.3 Å². The quantitative estimate of drug-likeness (QED) is 0.648. The smallest absolute Gasteiger partial charge is 0.245 e. The SMILES string of the molecule is NCc1ccncc1OCOC(F)c1cccc(F)n1. The lowest BCUT2D eigenvalue weighted by molar-refractivity contribution is -0.103. The third-order valence-electron chi connectivity index (χ3n) is 2.49. The molecule has 0 amide bonds. The Hall–Kier alpha value is -2.12. The molecule has 0 saturated heterocycles. The Morgan fingerprint density at radius 2 is 2.15 bits per heavy atom. The molecule has 0 aromatic carbocycles. The lowest BCUT2D eigenvalue weighted by atomic mass is 10.2. The van der Waals surface area contributed by atoms with Gasteiger partial charge in [-0.3, -0.25) is 4.98 Å². The van der Waals surface area contributed by atoms with E-state index in [0.717, 1.165) is 11.6 Å². The molecule has 5 nitrogen and oxygen atoms in total. The number of hydrogen-bond acceptors (Lipinski definition) is 5. The monoisotopic (exact) mass is 281 g/mol. The molecule has 0 aliphatic carbocycles. The highest BCUT2D eigenvalue weighted by atomic mass is 19.1. The minimum atomic E-state index is -1.87. The van der Waals surface area contributed by atoms with Crippen LogP contribution in [0.2, 0.25) is 0 Å². The summed E-state index contributed by atoms with van der Waals surface area (Å²) in [5.41, 5.74) is 6.09. The number of pyridine rings is 2. The number of ether oxygens (including phenoxy) is 2. The summed E-state index contributed by atoms with van der Waals surface area (Å²) in [6.07, 6.45) is 1.16. The molecule has 2 aromatic heterocycles. The molecule has 2 rings (SSSR count). The van der Waals surface area contributed by atoms with Gasteiger partial charge in [0.25, 0.3) is 0 Å². The van der Waals surface area contributed by atoms with Gasteiger partial charge >= 0.3 is 0 Å². The molecule has 0 spiro atoms. The van der Waals surface area contributed by atoms with Gasteiger partial charge in [-0.1, -0.05) is 6.07 Å². The summed E-state index contributed by atoms with van der Waals surface area (Å²) in [5, 5.41) is 0. The van der Waals surface area contributed by atoms with Crippen molar-refractivity contribution < 1.29 is 18.3 Å². The molecule has 0 aliphatic heterocycles. The zero-order valence-corrected chi connectivity index (χ0v) is 10.5. The fourth-order valence-electron chi connectivity index (χ4n) is 1.50. The largest absolute Gasteiger partial charge is 0.465 e. The summed E-state index contributed by atoms with van der Waals surface area (Å²) >= 11 is 0. The van der Waals surface area contributed by atoms with E-state index in [1.807, 2.05) is 0 Å². The van der Waals surface area contributed by atoms with E-state index in [1.54, 1.807) is 12.3 Å². The summed E-state index contributed by atoms with van der Waals surface area (Å²) in [7, 11) is 0. The van der Waals surface area contributed by atoms with Gasteiger partial charge in [-0.25, -0.2) is 9.37 Å². The summed E-state index contributed by atoms with van der Waals surface area (Å²) in [5.74, 6) is -0.359. The highest BCUT2D eigenvalue weighted by molar-refractivity contribution is 5.29. The van der Waals surface area contributed by atoms with Crippen molar-refractivity contribution in [2.45, 2.75) is 12.9 Å². The van der Waals surface area contributed by atoms with Crippen LogP contribution in [0.3, 0.4) is 0 Å². The van der Waals surface area contributed by atoms with Gasteiger partial charge in [0.1, 0.15) is 11.4 Å². The minimum absolute atomic E-state index is 0.154. The second-order valence-corrected chi connectivity index (χ2v) is 3.82. The predicted molar refractivity (Wildman–Crippen MR) is 66.8 cm³/mol. The first-order valence-corrected chi connectivity index (χ1v) is 5.84. The van der Waals surface area contributed by atoms with Crippen molar-refractivity contribution in [3.8, 4) is 5.75 Å². The Bertz CT molecular complexity index is 569. The Kier molecular flexibility index (Phi) is 4.91. The molecule has 0 bridgehead atoms. The van der Waals surface area contributed by atoms with Crippen LogP contribution in [0.5, 0.6) is 5.75 Å². The maximum Gasteiger partial charge on any atom is 0.245 e. The first-order chi connectivity index (χ1) is 9.70. The van der Waals surface area contributed by atoms with Crippen LogP contribution in [-0.2, 0) is 11.3 Å². The van der Waals surface area contributed by atoms with Crippen molar-refractivity contribution in [2.75, 3.05) is 6.79 Å². The van der Waals surface area contributed by atoms with Gasteiger partial charge in [-0.15, -0.1) is 0 Å². The topological polar surface area (TPSA) is 70.3 Å². The molecular formula is C13H13F2N3O2. The molecular weight excluding hydrogens is 268 g/mol. The van der Waals surface area contributed by atoms with Crippen molar-refractivity contribution >= 4 is 0 Å². The van der Waals surface area contributed by atoms with E-state index in [0.29, 0.717) is 5.75 Å². The molecule has 2 aromatic rings. The maximum absolute atomic E-state index is 13.6. The normalized spacial score (nSPS) is 12.2. The Morgan fingerprint density at radius 3 is 2.90 bits per heavy atom. The number of rotatable bonds is 6. The lowest BCUT2D eigenvalue weighted by Crippen LogP contribution is -2.10. The summed E-state index contributed by atoms with van der Waals surface area (Å²) < 4.78 is 36.5. The number of halogens is 2. The predicted octanol–water partition coefficient (Wildman–Crippen LogP) is 2.10. The Labute approximate surface area is 114 Å². The van der Waals surface area contributed by atoms with Crippen molar-refractivity contribution in [3.05, 3.63) is 53.9 Å². The Morgan fingerprint density at radius 1 is 1.30 bits per heavy atom. The van der Waals surface area contributed by atoms with Gasteiger partial charge < -0.3 is 15.2 Å². The van der Waals surface area contributed by atoms with Crippen molar-refractivity contribution in [1.82, 2.24) is 9.97 Å². The second kappa shape index (κ2) is 6.88. The summed E-state index contributed by atoms with van der Waals surface area (Å²) in [4.78, 5) is 7.25. The second-order valence-electron chi connectivity index (χ2n) is 3.82. The number of nitrogens with zero attached hydrogens (tertiary/aromatic N) is 2. The van der Waals surface area contributed by atoms with Gasteiger partial charge in [-0.05, 0) is 18.2 Å². The van der Waals surface area contributed by atoms with E-state index in [2.05, 4.69) is 9.97 Å². The zero-order valence-electron chi connectivity index (χ0n) is 10.5. The van der Waals surface area contributed by atoms with E-state index in [-0.39, 0.29) is 19.0 Å². The number of nitrogens with two attached hydrogens (primary N) is 1. The summed E-state index contributed by atoms with van der Waals surface area (Å²) in [6.45, 7) is -0.0968. The maximum atomic E-state index is 13.6. The molecule has 7 heteroatoms. The zero-order chi connectivity index (χ0) is 14.4.